The minimum absolute atomic E-state index is 0.0481. The van der Waals surface area contributed by atoms with Crippen molar-refractivity contribution < 1.29 is 0 Å². The molecular formula is C13H7Cl2N3OS. The molecule has 0 saturated carbocycles. The Bertz CT molecular complexity index is 846. The molecule has 1 aromatic heterocycles. The van der Waals surface area contributed by atoms with Gasteiger partial charge in [-0.25, -0.2) is 0 Å². The number of halogens is 2. The summed E-state index contributed by atoms with van der Waals surface area (Å²) in [5.41, 5.74) is 0.404. The van der Waals surface area contributed by atoms with Crippen LogP contribution in [0.25, 0.3) is 12.2 Å². The molecule has 0 atom stereocenters. The van der Waals surface area contributed by atoms with Gasteiger partial charge in [0.15, 0.2) is 4.77 Å². The SMILES string of the molecule is N#Cc1c(/C=C/c2cccc(Cl)c2Cl)[nH]c(=S)[nH]c1=O. The molecular weight excluding hydrogens is 317 g/mol. The first kappa shape index (κ1) is 14.5. The van der Waals surface area contributed by atoms with Crippen molar-refractivity contribution in [1.82, 2.24) is 9.97 Å². The zero-order valence-corrected chi connectivity index (χ0v) is 12.2. The molecule has 0 saturated heterocycles. The second-order valence-corrected chi connectivity index (χ2v) is 4.98. The van der Waals surface area contributed by atoms with Crippen LogP contribution in [0.15, 0.2) is 23.0 Å². The van der Waals surface area contributed by atoms with E-state index >= 15 is 0 Å². The summed E-state index contributed by atoms with van der Waals surface area (Å²) in [6, 6.07) is 7.00. The van der Waals surface area contributed by atoms with E-state index in [1.807, 2.05) is 6.07 Å². The summed E-state index contributed by atoms with van der Waals surface area (Å²) in [5, 5.41) is 9.80. The molecule has 0 aliphatic rings. The second-order valence-electron chi connectivity index (χ2n) is 3.79. The van der Waals surface area contributed by atoms with Gasteiger partial charge in [0.05, 0.1) is 15.7 Å². The Hall–Kier alpha value is -1.87. The van der Waals surface area contributed by atoms with Crippen LogP contribution in [0.3, 0.4) is 0 Å². The number of nitrogens with one attached hydrogen (secondary N) is 2. The molecule has 2 aromatic rings. The van der Waals surface area contributed by atoms with Crippen molar-refractivity contribution in [3.05, 3.63) is 60.2 Å². The van der Waals surface area contributed by atoms with Gasteiger partial charge in [-0.05, 0) is 29.9 Å². The van der Waals surface area contributed by atoms with Crippen molar-refractivity contribution >= 4 is 47.6 Å². The molecule has 2 rings (SSSR count). The predicted molar refractivity (Wildman–Crippen MR) is 82.4 cm³/mol. The molecule has 1 aromatic carbocycles. The minimum atomic E-state index is -0.534. The van der Waals surface area contributed by atoms with E-state index < -0.39 is 5.56 Å². The third kappa shape index (κ3) is 2.99. The van der Waals surface area contributed by atoms with Gasteiger partial charge >= 0.3 is 0 Å². The van der Waals surface area contributed by atoms with Gasteiger partial charge in [0.2, 0.25) is 0 Å². The van der Waals surface area contributed by atoms with Gasteiger partial charge in [-0.2, -0.15) is 5.26 Å². The van der Waals surface area contributed by atoms with Crippen molar-refractivity contribution in [3.8, 4) is 6.07 Å². The third-order valence-corrected chi connectivity index (χ3v) is 3.53. The Balaban J connectivity index is 2.53. The zero-order valence-electron chi connectivity index (χ0n) is 9.91. The normalized spacial score (nSPS) is 10.7. The van der Waals surface area contributed by atoms with E-state index in [0.717, 1.165) is 0 Å². The molecule has 0 unspecified atom stereocenters. The Kier molecular flexibility index (Phi) is 4.40. The average molecular weight is 324 g/mol. The van der Waals surface area contributed by atoms with Gasteiger partial charge in [0.25, 0.3) is 5.56 Å². The van der Waals surface area contributed by atoms with Gasteiger partial charge in [0, 0.05) is 0 Å². The standard InChI is InChI=1S/C13H7Cl2N3OS/c14-9-3-1-2-7(11(9)15)4-5-10-8(6-16)12(19)18-13(20)17-10/h1-5H,(H2,17,18,19,20)/b5-4+. The lowest BCUT2D eigenvalue weighted by Crippen LogP contribution is -2.13. The smallest absolute Gasteiger partial charge is 0.270 e. The maximum Gasteiger partial charge on any atom is 0.270 e. The lowest BCUT2D eigenvalue weighted by Gasteiger charge is -2.01. The quantitative estimate of drug-likeness (QED) is 0.826. The maximum atomic E-state index is 11.6. The summed E-state index contributed by atoms with van der Waals surface area (Å²) in [6.07, 6.45) is 3.20. The molecule has 4 nitrogen and oxygen atoms in total. The van der Waals surface area contributed by atoms with Crippen molar-refractivity contribution in [2.45, 2.75) is 0 Å². The van der Waals surface area contributed by atoms with Crippen molar-refractivity contribution in [3.63, 3.8) is 0 Å². The highest BCUT2D eigenvalue weighted by Gasteiger charge is 2.06. The van der Waals surface area contributed by atoms with E-state index in [-0.39, 0.29) is 10.3 Å². The van der Waals surface area contributed by atoms with Crippen LogP contribution in [0.1, 0.15) is 16.8 Å². The Morgan fingerprint density at radius 1 is 1.25 bits per heavy atom. The van der Waals surface area contributed by atoms with Crippen LogP contribution < -0.4 is 5.56 Å². The van der Waals surface area contributed by atoms with Crippen molar-refractivity contribution in [2.24, 2.45) is 0 Å². The van der Waals surface area contributed by atoms with E-state index in [2.05, 4.69) is 9.97 Å². The number of rotatable bonds is 2. The molecule has 0 aliphatic heterocycles. The van der Waals surface area contributed by atoms with Crippen LogP contribution in [-0.2, 0) is 0 Å². The fourth-order valence-corrected chi connectivity index (χ4v) is 2.14. The number of hydrogen-bond donors (Lipinski definition) is 2. The van der Waals surface area contributed by atoms with Crippen LogP contribution >= 0.6 is 35.4 Å². The van der Waals surface area contributed by atoms with E-state index in [4.69, 9.17) is 40.7 Å². The lowest BCUT2D eigenvalue weighted by atomic mass is 10.1. The molecule has 20 heavy (non-hydrogen) atoms. The first-order valence-corrected chi connectivity index (χ1v) is 6.58. The number of H-pyrrole nitrogens is 2. The molecule has 0 radical (unpaired) electrons. The average Bonchev–Trinajstić information content (AvgIpc) is 2.40. The van der Waals surface area contributed by atoms with Crippen LogP contribution in [0, 0.1) is 16.1 Å². The van der Waals surface area contributed by atoms with Gasteiger partial charge in [-0.1, -0.05) is 41.4 Å². The third-order valence-electron chi connectivity index (χ3n) is 2.49. The summed E-state index contributed by atoms with van der Waals surface area (Å²) in [7, 11) is 0. The fourth-order valence-electron chi connectivity index (χ4n) is 1.56. The number of aromatic nitrogens is 2. The lowest BCUT2D eigenvalue weighted by molar-refractivity contribution is 1.06. The predicted octanol–water partition coefficient (Wildman–Crippen LogP) is 3.78. The summed E-state index contributed by atoms with van der Waals surface area (Å²) in [5.74, 6) is 0. The summed E-state index contributed by atoms with van der Waals surface area (Å²) < 4.78 is 0.144. The zero-order chi connectivity index (χ0) is 14.7. The highest BCUT2D eigenvalue weighted by Crippen LogP contribution is 2.26. The monoisotopic (exact) mass is 323 g/mol. The topological polar surface area (TPSA) is 72.4 Å². The Morgan fingerprint density at radius 2 is 2.00 bits per heavy atom. The number of aromatic amines is 2. The minimum Gasteiger partial charge on any atom is -0.331 e. The van der Waals surface area contributed by atoms with Gasteiger partial charge in [0.1, 0.15) is 11.6 Å². The van der Waals surface area contributed by atoms with E-state index in [1.165, 1.54) is 0 Å². The molecule has 0 spiro atoms. The van der Waals surface area contributed by atoms with Crippen LogP contribution in [0.5, 0.6) is 0 Å². The van der Waals surface area contributed by atoms with E-state index in [9.17, 15) is 4.79 Å². The van der Waals surface area contributed by atoms with E-state index in [1.54, 1.807) is 30.4 Å². The molecule has 100 valence electrons. The van der Waals surface area contributed by atoms with Crippen LogP contribution in [0.2, 0.25) is 10.0 Å². The summed E-state index contributed by atoms with van der Waals surface area (Å²) in [4.78, 5) is 16.7. The molecule has 0 amide bonds. The fraction of sp³-hybridized carbons (Fsp3) is 0. The molecule has 1 heterocycles. The highest BCUT2D eigenvalue weighted by atomic mass is 35.5. The van der Waals surface area contributed by atoms with Gasteiger partial charge < -0.3 is 4.98 Å². The van der Waals surface area contributed by atoms with Gasteiger partial charge in [-0.3, -0.25) is 9.78 Å². The number of hydrogen-bond acceptors (Lipinski definition) is 3. The number of benzene rings is 1. The molecule has 0 fully saturated rings. The summed E-state index contributed by atoms with van der Waals surface area (Å²) in [6.45, 7) is 0. The molecule has 2 N–H and O–H groups in total. The molecule has 7 heteroatoms. The number of nitrogens with zero attached hydrogens (tertiary/aromatic N) is 1. The second kappa shape index (κ2) is 6.06. The summed E-state index contributed by atoms with van der Waals surface area (Å²) >= 11 is 16.8. The van der Waals surface area contributed by atoms with Crippen LogP contribution in [-0.4, -0.2) is 9.97 Å². The molecule has 0 aliphatic carbocycles. The van der Waals surface area contributed by atoms with E-state index in [0.29, 0.717) is 21.3 Å². The van der Waals surface area contributed by atoms with Crippen molar-refractivity contribution in [2.75, 3.05) is 0 Å². The highest BCUT2D eigenvalue weighted by molar-refractivity contribution is 7.71. The first-order valence-electron chi connectivity index (χ1n) is 5.41. The Labute approximate surface area is 129 Å². The van der Waals surface area contributed by atoms with Gasteiger partial charge in [-0.15, -0.1) is 0 Å². The Morgan fingerprint density at radius 3 is 2.70 bits per heavy atom. The van der Waals surface area contributed by atoms with Crippen LogP contribution in [0.4, 0.5) is 0 Å². The number of nitriles is 1. The van der Waals surface area contributed by atoms with Crippen molar-refractivity contribution in [1.29, 1.82) is 5.26 Å². The first-order chi connectivity index (χ1) is 9.52. The largest absolute Gasteiger partial charge is 0.331 e. The molecule has 0 bridgehead atoms. The maximum absolute atomic E-state index is 11.6.